The van der Waals surface area contributed by atoms with Gasteiger partial charge in [0.15, 0.2) is 0 Å². The molecule has 2 nitrogen and oxygen atoms in total. The Hall–Kier alpha value is -1.58. The van der Waals surface area contributed by atoms with Gasteiger partial charge in [-0.25, -0.2) is 4.39 Å². The highest BCUT2D eigenvalue weighted by atomic mass is 35.5. The Morgan fingerprint density at radius 3 is 2.39 bits per heavy atom. The summed E-state index contributed by atoms with van der Waals surface area (Å²) in [5, 5.41) is 13.1. The number of aliphatic hydroxyl groups excluding tert-OH is 1. The predicted octanol–water partition coefficient (Wildman–Crippen LogP) is 3.62. The van der Waals surface area contributed by atoms with Crippen molar-refractivity contribution in [2.24, 2.45) is 0 Å². The van der Waals surface area contributed by atoms with Gasteiger partial charge in [-0.15, -0.1) is 0 Å². The lowest BCUT2D eigenvalue weighted by molar-refractivity contribution is 0.274. The van der Waals surface area contributed by atoms with E-state index in [9.17, 15) is 9.50 Å². The quantitative estimate of drug-likeness (QED) is 0.885. The van der Waals surface area contributed by atoms with E-state index in [0.29, 0.717) is 10.6 Å². The van der Waals surface area contributed by atoms with Crippen molar-refractivity contribution in [3.8, 4) is 0 Å². The standard InChI is InChI=1S/C14H13ClFNO/c15-10-5-7-11(8-6-10)17-14(9-18)12-3-1-2-4-13(12)16/h1-8,14,17-18H,9H2. The number of benzene rings is 2. The lowest BCUT2D eigenvalue weighted by Gasteiger charge is -2.18. The van der Waals surface area contributed by atoms with Crippen LogP contribution in [-0.4, -0.2) is 11.7 Å². The average molecular weight is 266 g/mol. The first-order chi connectivity index (χ1) is 8.70. The Morgan fingerprint density at radius 1 is 1.11 bits per heavy atom. The van der Waals surface area contributed by atoms with Crippen LogP contribution in [0.3, 0.4) is 0 Å². The van der Waals surface area contributed by atoms with E-state index < -0.39 is 6.04 Å². The van der Waals surface area contributed by atoms with Crippen LogP contribution < -0.4 is 5.32 Å². The number of rotatable bonds is 4. The van der Waals surface area contributed by atoms with Crippen LogP contribution in [0.5, 0.6) is 0 Å². The maximum Gasteiger partial charge on any atom is 0.128 e. The largest absolute Gasteiger partial charge is 0.394 e. The lowest BCUT2D eigenvalue weighted by atomic mass is 10.1. The van der Waals surface area contributed by atoms with E-state index in [4.69, 9.17) is 11.6 Å². The van der Waals surface area contributed by atoms with Gasteiger partial charge in [-0.05, 0) is 30.3 Å². The molecule has 0 fully saturated rings. The molecule has 0 aliphatic rings. The van der Waals surface area contributed by atoms with Gasteiger partial charge in [-0.1, -0.05) is 29.8 Å². The minimum absolute atomic E-state index is 0.191. The normalized spacial score (nSPS) is 12.2. The van der Waals surface area contributed by atoms with Crippen LogP contribution in [0.2, 0.25) is 5.02 Å². The maximum absolute atomic E-state index is 13.6. The van der Waals surface area contributed by atoms with Crippen molar-refractivity contribution in [3.05, 3.63) is 64.9 Å². The zero-order chi connectivity index (χ0) is 13.0. The smallest absolute Gasteiger partial charge is 0.128 e. The number of anilines is 1. The van der Waals surface area contributed by atoms with E-state index >= 15 is 0 Å². The molecule has 94 valence electrons. The van der Waals surface area contributed by atoms with Gasteiger partial charge in [0.05, 0.1) is 12.6 Å². The van der Waals surface area contributed by atoms with Crippen molar-refractivity contribution in [2.45, 2.75) is 6.04 Å². The van der Waals surface area contributed by atoms with Crippen molar-refractivity contribution in [3.63, 3.8) is 0 Å². The van der Waals surface area contributed by atoms with Crippen LogP contribution in [0.4, 0.5) is 10.1 Å². The summed E-state index contributed by atoms with van der Waals surface area (Å²) in [4.78, 5) is 0. The van der Waals surface area contributed by atoms with Crippen LogP contribution in [0, 0.1) is 5.82 Å². The van der Waals surface area contributed by atoms with Gasteiger partial charge in [-0.3, -0.25) is 0 Å². The third-order valence-electron chi connectivity index (χ3n) is 2.65. The predicted molar refractivity (Wildman–Crippen MR) is 71.3 cm³/mol. The minimum atomic E-state index is -0.479. The van der Waals surface area contributed by atoms with Crippen LogP contribution in [-0.2, 0) is 0 Å². The summed E-state index contributed by atoms with van der Waals surface area (Å²) in [6, 6.07) is 12.9. The van der Waals surface area contributed by atoms with Crippen LogP contribution >= 0.6 is 11.6 Å². The van der Waals surface area contributed by atoms with Crippen LogP contribution in [0.1, 0.15) is 11.6 Å². The SMILES string of the molecule is OCC(Nc1ccc(Cl)cc1)c1ccccc1F. The summed E-state index contributed by atoms with van der Waals surface area (Å²) < 4.78 is 13.6. The highest BCUT2D eigenvalue weighted by molar-refractivity contribution is 6.30. The molecule has 0 saturated carbocycles. The molecule has 0 heterocycles. The van der Waals surface area contributed by atoms with Crippen molar-refractivity contribution in [1.29, 1.82) is 0 Å². The third-order valence-corrected chi connectivity index (χ3v) is 2.90. The Kier molecular flexibility index (Phi) is 4.18. The Balaban J connectivity index is 2.20. The molecule has 0 saturated heterocycles. The lowest BCUT2D eigenvalue weighted by Crippen LogP contribution is -2.16. The molecule has 0 amide bonds. The molecule has 18 heavy (non-hydrogen) atoms. The Morgan fingerprint density at radius 2 is 1.78 bits per heavy atom. The molecule has 1 unspecified atom stereocenters. The topological polar surface area (TPSA) is 32.3 Å². The summed E-state index contributed by atoms with van der Waals surface area (Å²) >= 11 is 5.79. The molecule has 2 rings (SSSR count). The van der Waals surface area contributed by atoms with Crippen LogP contribution in [0.15, 0.2) is 48.5 Å². The van der Waals surface area contributed by atoms with Gasteiger partial charge in [-0.2, -0.15) is 0 Å². The van der Waals surface area contributed by atoms with E-state index in [0.717, 1.165) is 5.69 Å². The Labute approximate surface area is 110 Å². The first-order valence-electron chi connectivity index (χ1n) is 5.58. The van der Waals surface area contributed by atoms with Crippen molar-refractivity contribution in [2.75, 3.05) is 11.9 Å². The fourth-order valence-electron chi connectivity index (χ4n) is 1.73. The summed E-state index contributed by atoms with van der Waals surface area (Å²) in [5.74, 6) is -0.335. The van der Waals surface area contributed by atoms with Gasteiger partial charge in [0.1, 0.15) is 5.82 Å². The molecular formula is C14H13ClFNO. The van der Waals surface area contributed by atoms with Gasteiger partial charge in [0.2, 0.25) is 0 Å². The molecular weight excluding hydrogens is 253 g/mol. The zero-order valence-electron chi connectivity index (χ0n) is 9.61. The fourth-order valence-corrected chi connectivity index (χ4v) is 1.85. The minimum Gasteiger partial charge on any atom is -0.394 e. The fraction of sp³-hybridized carbons (Fsp3) is 0.143. The molecule has 4 heteroatoms. The summed E-state index contributed by atoms with van der Waals surface area (Å²) in [6.07, 6.45) is 0. The second-order valence-electron chi connectivity index (χ2n) is 3.91. The van der Waals surface area contributed by atoms with Crippen LogP contribution in [0.25, 0.3) is 0 Å². The van der Waals surface area contributed by atoms with Gasteiger partial charge in [0, 0.05) is 16.3 Å². The van der Waals surface area contributed by atoms with Crippen molar-refractivity contribution >= 4 is 17.3 Å². The first kappa shape index (κ1) is 12.9. The number of nitrogens with one attached hydrogen (secondary N) is 1. The van der Waals surface area contributed by atoms with Gasteiger partial charge >= 0.3 is 0 Å². The van der Waals surface area contributed by atoms with E-state index in [2.05, 4.69) is 5.32 Å². The summed E-state index contributed by atoms with van der Waals surface area (Å²) in [5.41, 5.74) is 1.22. The molecule has 1 atom stereocenters. The number of halogens is 2. The second kappa shape index (κ2) is 5.85. The first-order valence-corrected chi connectivity index (χ1v) is 5.96. The molecule has 2 aromatic carbocycles. The molecule has 0 aromatic heterocycles. The number of hydrogen-bond acceptors (Lipinski definition) is 2. The van der Waals surface area contributed by atoms with E-state index in [1.54, 1.807) is 42.5 Å². The molecule has 0 aliphatic carbocycles. The van der Waals surface area contributed by atoms with Gasteiger partial charge < -0.3 is 10.4 Å². The highest BCUT2D eigenvalue weighted by Gasteiger charge is 2.13. The highest BCUT2D eigenvalue weighted by Crippen LogP contribution is 2.22. The third kappa shape index (κ3) is 3.00. The summed E-state index contributed by atoms with van der Waals surface area (Å²) in [7, 11) is 0. The van der Waals surface area contributed by atoms with Gasteiger partial charge in [0.25, 0.3) is 0 Å². The molecule has 0 radical (unpaired) electrons. The molecule has 2 N–H and O–H groups in total. The van der Waals surface area contributed by atoms with Crippen molar-refractivity contribution < 1.29 is 9.50 Å². The number of aliphatic hydroxyl groups is 1. The molecule has 0 spiro atoms. The number of hydrogen-bond donors (Lipinski definition) is 2. The summed E-state index contributed by atoms with van der Waals surface area (Å²) in [6.45, 7) is -0.191. The average Bonchev–Trinajstić information content (AvgIpc) is 2.39. The monoisotopic (exact) mass is 265 g/mol. The second-order valence-corrected chi connectivity index (χ2v) is 4.34. The van der Waals surface area contributed by atoms with E-state index in [1.165, 1.54) is 6.07 Å². The molecule has 2 aromatic rings. The maximum atomic E-state index is 13.6. The molecule has 0 aliphatic heterocycles. The zero-order valence-corrected chi connectivity index (χ0v) is 10.4. The van der Waals surface area contributed by atoms with Crippen molar-refractivity contribution in [1.82, 2.24) is 0 Å². The Bertz CT molecular complexity index is 515. The van der Waals surface area contributed by atoms with E-state index in [1.807, 2.05) is 0 Å². The molecule has 0 bridgehead atoms. The van der Waals surface area contributed by atoms with E-state index in [-0.39, 0.29) is 12.4 Å².